The molecule has 27 heavy (non-hydrogen) atoms. The standard InChI is InChI=1S/C20H14FN3O3/c21-16-6-2-3-7-17(16)23-20(27)13(10-22)9-14-11-24(12-19(25)26)18-8-4-1-5-15(14)18/h1-9,11H,12H2,(H,23,27)(H,25,26)/b13-9-. The fourth-order valence-electron chi connectivity index (χ4n) is 2.72. The molecule has 6 nitrogen and oxygen atoms in total. The highest BCUT2D eigenvalue weighted by atomic mass is 19.1. The number of para-hydroxylation sites is 2. The zero-order valence-electron chi connectivity index (χ0n) is 14.0. The van der Waals surface area contributed by atoms with E-state index >= 15 is 0 Å². The van der Waals surface area contributed by atoms with E-state index in [1.807, 2.05) is 0 Å². The van der Waals surface area contributed by atoms with E-state index in [4.69, 9.17) is 5.11 Å². The quantitative estimate of drug-likeness (QED) is 0.536. The molecule has 0 atom stereocenters. The Bertz CT molecular complexity index is 1110. The van der Waals surface area contributed by atoms with Gasteiger partial charge in [0.05, 0.1) is 5.69 Å². The number of carboxylic acids is 1. The van der Waals surface area contributed by atoms with Gasteiger partial charge in [-0.05, 0) is 24.3 Å². The van der Waals surface area contributed by atoms with Crippen molar-refractivity contribution < 1.29 is 19.1 Å². The first-order valence-corrected chi connectivity index (χ1v) is 7.97. The van der Waals surface area contributed by atoms with Crippen molar-refractivity contribution in [3.8, 4) is 6.07 Å². The Kier molecular flexibility index (Phi) is 4.99. The summed E-state index contributed by atoms with van der Waals surface area (Å²) in [5.41, 5.74) is 0.929. The molecule has 0 spiro atoms. The number of fused-ring (bicyclic) bond motifs is 1. The summed E-state index contributed by atoms with van der Waals surface area (Å²) >= 11 is 0. The maximum absolute atomic E-state index is 13.7. The third-order valence-corrected chi connectivity index (χ3v) is 3.91. The van der Waals surface area contributed by atoms with Gasteiger partial charge in [0.15, 0.2) is 0 Å². The van der Waals surface area contributed by atoms with Crippen LogP contribution in [0.25, 0.3) is 17.0 Å². The number of aromatic nitrogens is 1. The molecule has 0 unspecified atom stereocenters. The summed E-state index contributed by atoms with van der Waals surface area (Å²) in [6.07, 6.45) is 2.92. The number of benzene rings is 2. The molecule has 0 aliphatic carbocycles. The second-order valence-electron chi connectivity index (χ2n) is 5.73. The molecule has 3 rings (SSSR count). The summed E-state index contributed by atoms with van der Waals surface area (Å²) < 4.78 is 15.2. The molecule has 134 valence electrons. The predicted octanol–water partition coefficient (Wildman–Crippen LogP) is 3.41. The van der Waals surface area contributed by atoms with Crippen LogP contribution in [0.4, 0.5) is 10.1 Å². The van der Waals surface area contributed by atoms with Crippen LogP contribution in [-0.2, 0) is 16.1 Å². The second-order valence-corrected chi connectivity index (χ2v) is 5.73. The largest absolute Gasteiger partial charge is 0.480 e. The number of amides is 1. The fourth-order valence-corrected chi connectivity index (χ4v) is 2.72. The number of carboxylic acid groups (broad SMARTS) is 1. The molecule has 0 bridgehead atoms. The Morgan fingerprint density at radius 2 is 1.89 bits per heavy atom. The average molecular weight is 363 g/mol. The lowest BCUT2D eigenvalue weighted by molar-refractivity contribution is -0.137. The molecule has 0 fully saturated rings. The minimum atomic E-state index is -1.01. The molecule has 0 radical (unpaired) electrons. The van der Waals surface area contributed by atoms with Gasteiger partial charge in [0, 0.05) is 22.7 Å². The highest BCUT2D eigenvalue weighted by Gasteiger charge is 2.14. The molecule has 0 saturated heterocycles. The van der Waals surface area contributed by atoms with Crippen molar-refractivity contribution in [2.75, 3.05) is 5.32 Å². The zero-order valence-corrected chi connectivity index (χ0v) is 14.0. The molecule has 7 heteroatoms. The van der Waals surface area contributed by atoms with Crippen LogP contribution in [0.1, 0.15) is 5.56 Å². The monoisotopic (exact) mass is 363 g/mol. The van der Waals surface area contributed by atoms with Crippen molar-refractivity contribution in [3.63, 3.8) is 0 Å². The van der Waals surface area contributed by atoms with Gasteiger partial charge in [0.25, 0.3) is 5.91 Å². The zero-order chi connectivity index (χ0) is 19.4. The fraction of sp³-hybridized carbons (Fsp3) is 0.0500. The van der Waals surface area contributed by atoms with E-state index in [1.54, 1.807) is 42.6 Å². The summed E-state index contributed by atoms with van der Waals surface area (Å²) in [6.45, 7) is -0.252. The smallest absolute Gasteiger partial charge is 0.323 e. The molecule has 1 aromatic heterocycles. The first kappa shape index (κ1) is 17.9. The van der Waals surface area contributed by atoms with Gasteiger partial charge in [-0.15, -0.1) is 0 Å². The molecule has 0 saturated carbocycles. The molecule has 2 aromatic carbocycles. The predicted molar refractivity (Wildman–Crippen MR) is 98.2 cm³/mol. The molecule has 3 aromatic rings. The van der Waals surface area contributed by atoms with Crippen LogP contribution in [0.15, 0.2) is 60.3 Å². The van der Waals surface area contributed by atoms with Gasteiger partial charge in [-0.3, -0.25) is 9.59 Å². The lowest BCUT2D eigenvalue weighted by Gasteiger charge is -2.05. The van der Waals surface area contributed by atoms with E-state index in [0.717, 1.165) is 0 Å². The number of halogens is 1. The van der Waals surface area contributed by atoms with Gasteiger partial charge in [0.2, 0.25) is 0 Å². The van der Waals surface area contributed by atoms with Crippen LogP contribution in [0, 0.1) is 17.1 Å². The van der Waals surface area contributed by atoms with Gasteiger partial charge < -0.3 is 15.0 Å². The van der Waals surface area contributed by atoms with E-state index in [9.17, 15) is 19.2 Å². The number of rotatable bonds is 5. The molecular weight excluding hydrogens is 349 g/mol. The van der Waals surface area contributed by atoms with E-state index in [0.29, 0.717) is 16.5 Å². The first-order valence-electron chi connectivity index (χ1n) is 7.97. The number of hydrogen-bond acceptors (Lipinski definition) is 3. The molecule has 1 heterocycles. The summed E-state index contributed by atoms with van der Waals surface area (Å²) in [4.78, 5) is 23.4. The van der Waals surface area contributed by atoms with Crippen molar-refractivity contribution in [1.29, 1.82) is 5.26 Å². The van der Waals surface area contributed by atoms with Crippen LogP contribution in [0.2, 0.25) is 0 Å². The maximum atomic E-state index is 13.7. The normalized spacial score (nSPS) is 11.2. The van der Waals surface area contributed by atoms with E-state index in [2.05, 4.69) is 5.32 Å². The van der Waals surface area contributed by atoms with E-state index in [-0.39, 0.29) is 17.8 Å². The van der Waals surface area contributed by atoms with Gasteiger partial charge in [0.1, 0.15) is 24.0 Å². The number of nitrogens with zero attached hydrogens (tertiary/aromatic N) is 2. The molecule has 0 aliphatic rings. The van der Waals surface area contributed by atoms with Crippen LogP contribution in [0.3, 0.4) is 0 Å². The topological polar surface area (TPSA) is 95.1 Å². The van der Waals surface area contributed by atoms with Crippen LogP contribution >= 0.6 is 0 Å². The Labute approximate surface area is 153 Å². The van der Waals surface area contributed by atoms with Crippen molar-refractivity contribution >= 4 is 34.5 Å². The lowest BCUT2D eigenvalue weighted by Crippen LogP contribution is -2.14. The van der Waals surface area contributed by atoms with Gasteiger partial charge in [-0.25, -0.2) is 4.39 Å². The van der Waals surface area contributed by atoms with Crippen molar-refractivity contribution in [1.82, 2.24) is 4.57 Å². The number of anilines is 1. The SMILES string of the molecule is N#C/C(=C/c1cn(CC(=O)O)c2ccccc12)C(=O)Nc1ccccc1F. The molecule has 1 amide bonds. The minimum Gasteiger partial charge on any atom is -0.480 e. The van der Waals surface area contributed by atoms with Crippen molar-refractivity contribution in [2.45, 2.75) is 6.54 Å². The Morgan fingerprint density at radius 1 is 1.19 bits per heavy atom. The van der Waals surface area contributed by atoms with E-state index in [1.165, 1.54) is 28.8 Å². The summed E-state index contributed by atoms with van der Waals surface area (Å²) in [6, 6.07) is 14.5. The number of hydrogen-bond donors (Lipinski definition) is 2. The average Bonchev–Trinajstić information content (AvgIpc) is 2.98. The lowest BCUT2D eigenvalue weighted by atomic mass is 10.1. The Morgan fingerprint density at radius 3 is 2.59 bits per heavy atom. The minimum absolute atomic E-state index is 0.0306. The van der Waals surface area contributed by atoms with Crippen molar-refractivity contribution in [3.05, 3.63) is 71.7 Å². The Balaban J connectivity index is 1.98. The van der Waals surface area contributed by atoms with Gasteiger partial charge >= 0.3 is 5.97 Å². The summed E-state index contributed by atoms with van der Waals surface area (Å²) in [5, 5.41) is 21.5. The van der Waals surface area contributed by atoms with Crippen LogP contribution in [0.5, 0.6) is 0 Å². The summed E-state index contributed by atoms with van der Waals surface area (Å²) in [7, 11) is 0. The number of nitrogens with one attached hydrogen (secondary N) is 1. The Hall–Kier alpha value is -3.92. The van der Waals surface area contributed by atoms with E-state index < -0.39 is 17.7 Å². The molecule has 0 aliphatic heterocycles. The van der Waals surface area contributed by atoms with Crippen LogP contribution < -0.4 is 5.32 Å². The number of nitriles is 1. The molecule has 2 N–H and O–H groups in total. The number of carbonyl (C=O) groups excluding carboxylic acids is 1. The van der Waals surface area contributed by atoms with Crippen molar-refractivity contribution in [2.24, 2.45) is 0 Å². The first-order chi connectivity index (χ1) is 13.0. The highest BCUT2D eigenvalue weighted by molar-refractivity contribution is 6.10. The third-order valence-electron chi connectivity index (χ3n) is 3.91. The number of carbonyl (C=O) groups is 2. The third kappa shape index (κ3) is 3.85. The molecular formula is C20H14FN3O3. The van der Waals surface area contributed by atoms with Crippen LogP contribution in [-0.4, -0.2) is 21.6 Å². The summed E-state index contributed by atoms with van der Waals surface area (Å²) in [5.74, 6) is -2.37. The number of aliphatic carboxylic acids is 1. The second kappa shape index (κ2) is 7.54. The maximum Gasteiger partial charge on any atom is 0.323 e. The van der Waals surface area contributed by atoms with Gasteiger partial charge in [-0.2, -0.15) is 5.26 Å². The highest BCUT2D eigenvalue weighted by Crippen LogP contribution is 2.24. The van der Waals surface area contributed by atoms with Gasteiger partial charge in [-0.1, -0.05) is 30.3 Å².